The van der Waals surface area contributed by atoms with Crippen molar-refractivity contribution >= 4 is 40.3 Å². The minimum atomic E-state index is -0.843. The molecule has 25 nitrogen and oxygen atoms in total. The Morgan fingerprint density at radius 1 is 0.694 bits per heavy atom. The van der Waals surface area contributed by atoms with E-state index in [0.717, 1.165) is 22.7 Å². The van der Waals surface area contributed by atoms with Crippen LogP contribution in [-0.2, 0) is 37.2 Å². The number of aliphatic hydroxyl groups is 2. The Bertz CT molecular complexity index is 3380. The SMILES string of the molecule is Cn1cc2c(nc1=O)Nc1c(COCCN)cccc1O2.Cn1cc2c(nc1=O)Nc1c(OCCNc3ccn(C4CC(O)C(CO)O4)c(=O)n3)cccc1O2.Cn1cc2c(nc1=O)Nc1ccccc1O2. The van der Waals surface area contributed by atoms with Crippen LogP contribution in [0.4, 0.5) is 40.3 Å². The minimum Gasteiger partial charge on any atom is -0.489 e. The molecular formula is C47H49N13O12. The largest absolute Gasteiger partial charge is 0.489 e. The van der Waals surface area contributed by atoms with E-state index in [1.165, 1.54) is 24.5 Å². The Labute approximate surface area is 408 Å². The first-order chi connectivity index (χ1) is 34.8. The number of nitrogens with one attached hydrogen (secondary N) is 4. The van der Waals surface area contributed by atoms with Crippen molar-refractivity contribution in [3.05, 3.63) is 139 Å². The number of ether oxygens (including phenoxy) is 6. The normalized spacial score (nSPS) is 16.1. The number of hydrogen-bond acceptors (Lipinski definition) is 21. The second-order valence-corrected chi connectivity index (χ2v) is 16.4. The predicted octanol–water partition coefficient (Wildman–Crippen LogP) is 3.05. The third kappa shape index (κ3) is 10.6. The summed E-state index contributed by atoms with van der Waals surface area (Å²) < 4.78 is 39.5. The third-order valence-corrected chi connectivity index (χ3v) is 11.3. The van der Waals surface area contributed by atoms with Crippen LogP contribution >= 0.6 is 0 Å². The summed E-state index contributed by atoms with van der Waals surface area (Å²) >= 11 is 0. The molecule has 0 radical (unpaired) electrons. The Morgan fingerprint density at radius 3 is 1.90 bits per heavy atom. The number of aromatic nitrogens is 8. The number of hydrogen-bond donors (Lipinski definition) is 7. The second kappa shape index (κ2) is 21.2. The average Bonchev–Trinajstić information content (AvgIpc) is 3.75. The lowest BCUT2D eigenvalue weighted by atomic mass is 10.1. The van der Waals surface area contributed by atoms with Gasteiger partial charge < -0.3 is 65.6 Å². The highest BCUT2D eigenvalue weighted by atomic mass is 16.5. The van der Waals surface area contributed by atoms with Gasteiger partial charge in [0.1, 0.15) is 36.2 Å². The number of aryl methyl sites for hydroxylation is 3. The van der Waals surface area contributed by atoms with Crippen LogP contribution in [0.2, 0.25) is 0 Å². The molecule has 8 N–H and O–H groups in total. The van der Waals surface area contributed by atoms with Crippen molar-refractivity contribution in [1.82, 2.24) is 38.2 Å². The van der Waals surface area contributed by atoms with Gasteiger partial charge in [-0.2, -0.15) is 19.9 Å². The topological polar surface area (TPSA) is 310 Å². The lowest BCUT2D eigenvalue weighted by molar-refractivity contribution is -0.0458. The van der Waals surface area contributed by atoms with Crippen LogP contribution < -0.4 is 68.7 Å². The molecule has 0 bridgehead atoms. The summed E-state index contributed by atoms with van der Waals surface area (Å²) in [5, 5.41) is 31.4. The Kier molecular flexibility index (Phi) is 14.2. The predicted molar refractivity (Wildman–Crippen MR) is 261 cm³/mol. The molecule has 0 amide bonds. The maximum atomic E-state index is 12.4. The first-order valence-corrected chi connectivity index (χ1v) is 22.4. The van der Waals surface area contributed by atoms with Crippen molar-refractivity contribution in [3.63, 3.8) is 0 Å². The highest BCUT2D eigenvalue weighted by Gasteiger charge is 2.35. The quantitative estimate of drug-likeness (QED) is 0.0916. The molecule has 3 atom stereocenters. The van der Waals surface area contributed by atoms with Crippen LogP contribution in [0.5, 0.6) is 40.2 Å². The average molecular weight is 988 g/mol. The second-order valence-electron chi connectivity index (χ2n) is 16.4. The van der Waals surface area contributed by atoms with E-state index in [-0.39, 0.29) is 31.0 Å². The molecule has 3 unspecified atom stereocenters. The van der Waals surface area contributed by atoms with Gasteiger partial charge in [0.25, 0.3) is 0 Å². The van der Waals surface area contributed by atoms with Crippen LogP contribution in [0.3, 0.4) is 0 Å². The van der Waals surface area contributed by atoms with Gasteiger partial charge in [0.15, 0.2) is 52.0 Å². The van der Waals surface area contributed by atoms with Gasteiger partial charge in [0, 0.05) is 45.9 Å². The molecule has 4 aromatic heterocycles. The summed E-state index contributed by atoms with van der Waals surface area (Å²) in [5.41, 5.74) is 6.87. The van der Waals surface area contributed by atoms with Gasteiger partial charge in [0.05, 0.1) is 62.4 Å². The number of benzene rings is 3. The van der Waals surface area contributed by atoms with E-state index >= 15 is 0 Å². The Hall–Kier alpha value is -8.62. The van der Waals surface area contributed by atoms with Crippen molar-refractivity contribution < 1.29 is 38.6 Å². The van der Waals surface area contributed by atoms with Crippen molar-refractivity contribution in [2.24, 2.45) is 26.9 Å². The molecular weight excluding hydrogens is 939 g/mol. The number of para-hydroxylation sites is 4. The molecule has 8 heterocycles. The number of rotatable bonds is 11. The van der Waals surface area contributed by atoms with Gasteiger partial charge in [0.2, 0.25) is 0 Å². The summed E-state index contributed by atoms with van der Waals surface area (Å²) in [6.07, 6.45) is 4.26. The molecule has 3 aromatic carbocycles. The van der Waals surface area contributed by atoms with Gasteiger partial charge in [-0.15, -0.1) is 0 Å². The van der Waals surface area contributed by atoms with E-state index in [9.17, 15) is 29.4 Å². The zero-order chi connectivity index (χ0) is 50.5. The van der Waals surface area contributed by atoms with E-state index in [2.05, 4.69) is 41.2 Å². The summed E-state index contributed by atoms with van der Waals surface area (Å²) in [6.45, 7) is 1.64. The van der Waals surface area contributed by atoms with Gasteiger partial charge >= 0.3 is 22.8 Å². The van der Waals surface area contributed by atoms with Gasteiger partial charge in [-0.1, -0.05) is 30.3 Å². The maximum absolute atomic E-state index is 12.4. The van der Waals surface area contributed by atoms with Crippen LogP contribution in [-0.4, -0.2) is 93.5 Å². The first kappa shape index (κ1) is 48.4. The van der Waals surface area contributed by atoms with Crippen LogP contribution in [0, 0.1) is 0 Å². The smallest absolute Gasteiger partial charge is 0.351 e. The molecule has 4 aliphatic rings. The van der Waals surface area contributed by atoms with Gasteiger partial charge in [-0.25, -0.2) is 19.2 Å². The number of aliphatic hydroxyl groups excluding tert-OH is 2. The minimum absolute atomic E-state index is 0.196. The van der Waals surface area contributed by atoms with E-state index in [1.54, 1.807) is 64.0 Å². The molecule has 374 valence electrons. The molecule has 4 aliphatic heterocycles. The lowest BCUT2D eigenvalue weighted by Gasteiger charge is -2.23. The van der Waals surface area contributed by atoms with E-state index in [1.807, 2.05) is 42.5 Å². The summed E-state index contributed by atoms with van der Waals surface area (Å²) in [5.74, 6) is 5.51. The van der Waals surface area contributed by atoms with Crippen molar-refractivity contribution in [2.45, 2.75) is 31.5 Å². The summed E-state index contributed by atoms with van der Waals surface area (Å²) in [4.78, 5) is 63.0. The molecule has 1 fully saturated rings. The van der Waals surface area contributed by atoms with Gasteiger partial charge in [-0.3, -0.25) is 18.3 Å². The molecule has 25 heteroatoms. The molecule has 0 aliphatic carbocycles. The van der Waals surface area contributed by atoms with Crippen molar-refractivity contribution in [1.29, 1.82) is 0 Å². The fourth-order valence-corrected chi connectivity index (χ4v) is 7.59. The maximum Gasteiger partial charge on any atom is 0.351 e. The van der Waals surface area contributed by atoms with Crippen LogP contribution in [0.15, 0.2) is 111 Å². The van der Waals surface area contributed by atoms with Crippen molar-refractivity contribution in [3.8, 4) is 40.2 Å². The van der Waals surface area contributed by atoms with Crippen molar-refractivity contribution in [2.75, 3.05) is 54.2 Å². The zero-order valence-corrected chi connectivity index (χ0v) is 39.0. The number of nitrogens with two attached hydrogens (primary N) is 1. The number of anilines is 7. The molecule has 11 rings (SSSR count). The van der Waals surface area contributed by atoms with Crippen LogP contribution in [0.25, 0.3) is 0 Å². The fourth-order valence-electron chi connectivity index (χ4n) is 7.59. The molecule has 1 saturated heterocycles. The van der Waals surface area contributed by atoms with E-state index in [4.69, 9.17) is 34.2 Å². The number of fused-ring (bicyclic) bond motifs is 6. The first-order valence-electron chi connectivity index (χ1n) is 22.4. The number of nitrogens with zero attached hydrogens (tertiary/aromatic N) is 8. The molecule has 72 heavy (non-hydrogen) atoms. The summed E-state index contributed by atoms with van der Waals surface area (Å²) in [7, 11) is 4.86. The Balaban J connectivity index is 0.000000146. The molecule has 0 saturated carbocycles. The summed E-state index contributed by atoms with van der Waals surface area (Å²) in [6, 6.07) is 20.1. The Morgan fingerprint density at radius 2 is 1.28 bits per heavy atom. The van der Waals surface area contributed by atoms with E-state index < -0.39 is 29.8 Å². The fraction of sp³-hybridized carbons (Fsp3) is 0.277. The standard InChI is InChI=1S/C22H24N6O7.C14H16N4O3.C11H9N3O2/c1-27-10-15-20(26-21(27)31)25-19-13(3-2-4-14(19)34-15)33-8-6-23-17-5-7-28(22(32)24-17)18-9-12(30)16(11-29)35-18;1-18-7-11-13(17-14(18)19)16-12-9(8-20-6-5-15)3-2-4-10(12)21-11;1-14-6-9-10(13-11(14)15)12-7-4-2-3-5-8(7)16-9/h2-5,7,10,12,16,18,29-30H,6,8-9,11H2,1H3,(H,23,24,32)(H,25,26,31);2-4,7H,5-6,8,15H2,1H3,(H,16,17,19);2-6H,1H3,(H,12,13,15). The highest BCUT2D eigenvalue weighted by Crippen LogP contribution is 2.45. The monoisotopic (exact) mass is 987 g/mol. The van der Waals surface area contributed by atoms with Crippen LogP contribution in [0.1, 0.15) is 18.2 Å². The molecule has 0 spiro atoms. The zero-order valence-electron chi connectivity index (χ0n) is 39.0. The lowest BCUT2D eigenvalue weighted by Crippen LogP contribution is -2.28. The third-order valence-electron chi connectivity index (χ3n) is 11.3. The van der Waals surface area contributed by atoms with E-state index in [0.29, 0.717) is 89.8 Å². The molecule has 7 aromatic rings. The highest BCUT2D eigenvalue weighted by molar-refractivity contribution is 5.78. The van der Waals surface area contributed by atoms with Gasteiger partial charge in [-0.05, 0) is 36.4 Å².